The maximum atomic E-state index is 12.4. The van der Waals surface area contributed by atoms with Crippen molar-refractivity contribution < 1.29 is 9.53 Å². The molecule has 124 valence electrons. The van der Waals surface area contributed by atoms with Gasteiger partial charge in [-0.1, -0.05) is 56.3 Å². The van der Waals surface area contributed by atoms with Crippen LogP contribution in [0, 0.1) is 0 Å². The van der Waals surface area contributed by atoms with Crippen molar-refractivity contribution in [2.45, 2.75) is 26.2 Å². The highest BCUT2D eigenvalue weighted by molar-refractivity contribution is 6.02. The third-order valence-electron chi connectivity index (χ3n) is 4.42. The number of carbonyl (C=O) groups excluding carboxylic acids is 1. The number of benzene rings is 2. The molecule has 1 amide bonds. The van der Waals surface area contributed by atoms with E-state index in [1.54, 1.807) is 4.90 Å². The molecule has 0 radical (unpaired) electrons. The van der Waals surface area contributed by atoms with Gasteiger partial charge in [0, 0.05) is 13.0 Å². The number of anilines is 1. The lowest BCUT2D eigenvalue weighted by molar-refractivity contribution is -0.115. The van der Waals surface area contributed by atoms with Gasteiger partial charge in [-0.15, -0.1) is 0 Å². The smallest absolute Gasteiger partial charge is 0.252 e. The first kappa shape index (κ1) is 16.5. The van der Waals surface area contributed by atoms with Crippen LogP contribution in [0.25, 0.3) is 11.1 Å². The van der Waals surface area contributed by atoms with Crippen LogP contribution in [-0.4, -0.2) is 19.2 Å². The summed E-state index contributed by atoms with van der Waals surface area (Å²) < 4.78 is 5.71. The number of ether oxygens (including phenoxy) is 1. The molecule has 0 aliphatic heterocycles. The molecule has 3 heteroatoms. The zero-order valence-electron chi connectivity index (χ0n) is 14.1. The van der Waals surface area contributed by atoms with E-state index in [0.717, 1.165) is 24.9 Å². The lowest BCUT2D eigenvalue weighted by Gasteiger charge is -2.24. The Morgan fingerprint density at radius 3 is 2.79 bits per heavy atom. The fraction of sp³-hybridized carbons (Fsp3) is 0.286. The Balaban J connectivity index is 1.92. The van der Waals surface area contributed by atoms with Crippen LogP contribution in [-0.2, 0) is 16.0 Å². The van der Waals surface area contributed by atoms with Crippen LogP contribution in [0.3, 0.4) is 0 Å². The van der Waals surface area contributed by atoms with Crippen molar-refractivity contribution in [2.75, 3.05) is 18.2 Å². The van der Waals surface area contributed by atoms with E-state index in [0.29, 0.717) is 6.61 Å². The third-order valence-corrected chi connectivity index (χ3v) is 4.42. The molecule has 2 aromatic carbocycles. The summed E-state index contributed by atoms with van der Waals surface area (Å²) in [7, 11) is 0. The van der Waals surface area contributed by atoms with Crippen LogP contribution in [0.1, 0.15) is 30.9 Å². The molecule has 0 heterocycles. The topological polar surface area (TPSA) is 29.5 Å². The van der Waals surface area contributed by atoms with E-state index < -0.39 is 0 Å². The number of rotatable bonds is 7. The highest BCUT2D eigenvalue weighted by Crippen LogP contribution is 2.41. The minimum Gasteiger partial charge on any atom is -0.361 e. The molecule has 0 saturated carbocycles. The minimum absolute atomic E-state index is 0.129. The summed E-state index contributed by atoms with van der Waals surface area (Å²) in [5, 5.41) is 0. The van der Waals surface area contributed by atoms with Crippen molar-refractivity contribution in [3.8, 4) is 11.1 Å². The van der Waals surface area contributed by atoms with Crippen molar-refractivity contribution in [3.63, 3.8) is 0 Å². The summed E-state index contributed by atoms with van der Waals surface area (Å²) in [5.74, 6) is -0.129. The SMILES string of the molecule is C=CC(=O)N(COCCCC)c1cccc2c1Cc1ccccc1-2. The predicted molar refractivity (Wildman–Crippen MR) is 98.1 cm³/mol. The molecular weight excluding hydrogens is 298 g/mol. The van der Waals surface area contributed by atoms with E-state index in [4.69, 9.17) is 4.74 Å². The molecule has 0 bridgehead atoms. The molecule has 1 aliphatic carbocycles. The lowest BCUT2D eigenvalue weighted by Crippen LogP contribution is -2.32. The Bertz CT molecular complexity index is 751. The molecular formula is C21H23NO2. The summed E-state index contributed by atoms with van der Waals surface area (Å²) in [6, 6.07) is 14.5. The maximum Gasteiger partial charge on any atom is 0.252 e. The van der Waals surface area contributed by atoms with Crippen molar-refractivity contribution >= 4 is 11.6 Å². The minimum atomic E-state index is -0.129. The Kier molecular flexibility index (Phi) is 5.11. The monoisotopic (exact) mass is 321 g/mol. The number of amides is 1. The van der Waals surface area contributed by atoms with E-state index in [1.165, 1.54) is 28.3 Å². The first-order valence-electron chi connectivity index (χ1n) is 8.48. The van der Waals surface area contributed by atoms with Crippen LogP contribution in [0.2, 0.25) is 0 Å². The highest BCUT2D eigenvalue weighted by Gasteiger charge is 2.24. The maximum absolute atomic E-state index is 12.4. The Morgan fingerprint density at radius 2 is 2.00 bits per heavy atom. The number of nitrogens with zero attached hydrogens (tertiary/aromatic N) is 1. The number of carbonyl (C=O) groups is 1. The van der Waals surface area contributed by atoms with Crippen LogP contribution in [0.15, 0.2) is 55.1 Å². The van der Waals surface area contributed by atoms with Crippen LogP contribution in [0.5, 0.6) is 0 Å². The zero-order chi connectivity index (χ0) is 16.9. The molecule has 2 aromatic rings. The van der Waals surface area contributed by atoms with Crippen molar-refractivity contribution in [3.05, 3.63) is 66.2 Å². The number of hydrogen-bond acceptors (Lipinski definition) is 2. The van der Waals surface area contributed by atoms with E-state index >= 15 is 0 Å². The molecule has 0 N–H and O–H groups in total. The molecule has 0 fully saturated rings. The number of fused-ring (bicyclic) bond motifs is 3. The van der Waals surface area contributed by atoms with Gasteiger partial charge in [-0.05, 0) is 40.8 Å². The van der Waals surface area contributed by atoms with Gasteiger partial charge < -0.3 is 4.74 Å². The van der Waals surface area contributed by atoms with Gasteiger partial charge in [0.2, 0.25) is 0 Å². The summed E-state index contributed by atoms with van der Waals surface area (Å²) >= 11 is 0. The second-order valence-corrected chi connectivity index (χ2v) is 6.00. The summed E-state index contributed by atoms with van der Waals surface area (Å²) in [4.78, 5) is 14.1. The Morgan fingerprint density at radius 1 is 1.21 bits per heavy atom. The predicted octanol–water partition coefficient (Wildman–Crippen LogP) is 4.55. The Hall–Kier alpha value is -2.39. The highest BCUT2D eigenvalue weighted by atomic mass is 16.5. The van der Waals surface area contributed by atoms with Crippen LogP contribution in [0.4, 0.5) is 5.69 Å². The molecule has 0 atom stereocenters. The van der Waals surface area contributed by atoms with E-state index in [2.05, 4.69) is 43.8 Å². The van der Waals surface area contributed by atoms with Crippen molar-refractivity contribution in [2.24, 2.45) is 0 Å². The van der Waals surface area contributed by atoms with E-state index in [-0.39, 0.29) is 12.6 Å². The first-order valence-corrected chi connectivity index (χ1v) is 8.48. The van der Waals surface area contributed by atoms with Gasteiger partial charge in [-0.25, -0.2) is 0 Å². The van der Waals surface area contributed by atoms with Gasteiger partial charge in [0.15, 0.2) is 0 Å². The van der Waals surface area contributed by atoms with Crippen molar-refractivity contribution in [1.29, 1.82) is 0 Å². The third kappa shape index (κ3) is 3.13. The standard InChI is InChI=1S/C21H23NO2/c1-3-5-13-24-15-22(21(23)4-2)20-12-8-11-18-17-10-7-6-9-16(17)14-19(18)20/h4,6-12H,2-3,5,13-15H2,1H3. The lowest BCUT2D eigenvalue weighted by atomic mass is 10.0. The number of hydrogen-bond donors (Lipinski definition) is 0. The molecule has 1 aliphatic rings. The summed E-state index contributed by atoms with van der Waals surface area (Å²) in [6.45, 7) is 6.68. The number of unbranched alkanes of at least 4 members (excludes halogenated alkanes) is 1. The molecule has 24 heavy (non-hydrogen) atoms. The van der Waals surface area contributed by atoms with Gasteiger partial charge in [0.25, 0.3) is 5.91 Å². The molecule has 3 nitrogen and oxygen atoms in total. The van der Waals surface area contributed by atoms with Gasteiger partial charge in [-0.3, -0.25) is 9.69 Å². The van der Waals surface area contributed by atoms with Gasteiger partial charge in [-0.2, -0.15) is 0 Å². The summed E-state index contributed by atoms with van der Waals surface area (Å²) in [5.41, 5.74) is 5.88. The van der Waals surface area contributed by atoms with Crippen LogP contribution >= 0.6 is 0 Å². The second-order valence-electron chi connectivity index (χ2n) is 6.00. The molecule has 0 saturated heterocycles. The molecule has 0 aromatic heterocycles. The molecule has 0 spiro atoms. The van der Waals surface area contributed by atoms with E-state index in [1.807, 2.05) is 12.1 Å². The average Bonchev–Trinajstić information content (AvgIpc) is 3.00. The van der Waals surface area contributed by atoms with Gasteiger partial charge >= 0.3 is 0 Å². The normalized spacial score (nSPS) is 11.7. The fourth-order valence-corrected chi connectivity index (χ4v) is 3.16. The Labute approximate surface area is 143 Å². The van der Waals surface area contributed by atoms with Crippen LogP contribution < -0.4 is 4.90 Å². The average molecular weight is 321 g/mol. The van der Waals surface area contributed by atoms with E-state index in [9.17, 15) is 4.79 Å². The quantitative estimate of drug-likeness (QED) is 0.363. The molecule has 0 unspecified atom stereocenters. The zero-order valence-corrected chi connectivity index (χ0v) is 14.1. The summed E-state index contributed by atoms with van der Waals surface area (Å²) in [6.07, 6.45) is 4.27. The second kappa shape index (κ2) is 7.45. The fourth-order valence-electron chi connectivity index (χ4n) is 3.16. The largest absolute Gasteiger partial charge is 0.361 e. The first-order chi connectivity index (χ1) is 11.8. The molecule has 3 rings (SSSR count). The van der Waals surface area contributed by atoms with Gasteiger partial charge in [0.1, 0.15) is 6.73 Å². The van der Waals surface area contributed by atoms with Gasteiger partial charge in [0.05, 0.1) is 5.69 Å². The van der Waals surface area contributed by atoms with Crippen molar-refractivity contribution in [1.82, 2.24) is 0 Å².